The van der Waals surface area contributed by atoms with Gasteiger partial charge in [-0.1, -0.05) is 0 Å². The molecule has 0 aliphatic heterocycles. The molecule has 8 heteroatoms. The number of benzene rings is 1. The second-order valence-corrected chi connectivity index (χ2v) is 3.97. The first kappa shape index (κ1) is 12.4. The van der Waals surface area contributed by atoms with E-state index < -0.39 is 10.7 Å². The number of ether oxygens (including phenoxy) is 1. The first-order valence-corrected chi connectivity index (χ1v) is 5.45. The van der Waals surface area contributed by atoms with E-state index in [1.807, 2.05) is 0 Å². The smallest absolute Gasteiger partial charge is 0.272 e. The fourth-order valence-corrected chi connectivity index (χ4v) is 1.46. The van der Waals surface area contributed by atoms with Gasteiger partial charge in [-0.3, -0.25) is 10.1 Å². The Balaban J connectivity index is 2.27. The van der Waals surface area contributed by atoms with E-state index >= 15 is 0 Å². The summed E-state index contributed by atoms with van der Waals surface area (Å²) in [5.74, 6) is -0.852. The minimum absolute atomic E-state index is 0.129. The number of aromatic nitrogens is 2. The topological polar surface area (TPSA) is 78.2 Å². The monoisotopic (exact) mass is 313 g/mol. The van der Waals surface area contributed by atoms with Gasteiger partial charge in [0.05, 0.1) is 11.0 Å². The van der Waals surface area contributed by atoms with Crippen molar-refractivity contribution >= 4 is 21.6 Å². The largest absolute Gasteiger partial charge is 0.436 e. The predicted octanol–water partition coefficient (Wildman–Crippen LogP) is 3.08. The minimum Gasteiger partial charge on any atom is -0.436 e. The second-order valence-electron chi connectivity index (χ2n) is 3.15. The maximum Gasteiger partial charge on any atom is 0.272 e. The third kappa shape index (κ3) is 2.77. The standard InChI is InChI=1S/C10H5BrFN3O3/c11-9-4-10(14-5-13-9)18-8-2-1-6(15(16)17)3-7(8)12/h1-5H. The van der Waals surface area contributed by atoms with Crippen LogP contribution in [0.1, 0.15) is 0 Å². The Hall–Kier alpha value is -2.09. The molecule has 0 saturated carbocycles. The third-order valence-electron chi connectivity index (χ3n) is 1.95. The average Bonchev–Trinajstić information content (AvgIpc) is 2.31. The van der Waals surface area contributed by atoms with Crippen LogP contribution in [-0.4, -0.2) is 14.9 Å². The average molecular weight is 314 g/mol. The Kier molecular flexibility index (Phi) is 3.47. The van der Waals surface area contributed by atoms with Crippen molar-refractivity contribution in [1.82, 2.24) is 9.97 Å². The van der Waals surface area contributed by atoms with Crippen molar-refractivity contribution < 1.29 is 14.1 Å². The van der Waals surface area contributed by atoms with Gasteiger partial charge in [-0.05, 0) is 22.0 Å². The van der Waals surface area contributed by atoms with Gasteiger partial charge in [0.15, 0.2) is 11.6 Å². The van der Waals surface area contributed by atoms with Gasteiger partial charge in [0.1, 0.15) is 10.9 Å². The summed E-state index contributed by atoms with van der Waals surface area (Å²) in [7, 11) is 0. The zero-order chi connectivity index (χ0) is 13.1. The van der Waals surface area contributed by atoms with E-state index in [0.717, 1.165) is 12.1 Å². The summed E-state index contributed by atoms with van der Waals surface area (Å²) >= 11 is 3.11. The molecule has 0 aliphatic carbocycles. The number of nitro benzene ring substituents is 1. The Morgan fingerprint density at radius 3 is 2.72 bits per heavy atom. The number of nitro groups is 1. The van der Waals surface area contributed by atoms with E-state index in [1.165, 1.54) is 18.5 Å². The van der Waals surface area contributed by atoms with Crippen molar-refractivity contribution in [3.8, 4) is 11.6 Å². The summed E-state index contributed by atoms with van der Waals surface area (Å²) in [6.07, 6.45) is 1.24. The minimum atomic E-state index is -0.834. The molecular weight excluding hydrogens is 309 g/mol. The highest BCUT2D eigenvalue weighted by atomic mass is 79.9. The molecule has 1 aromatic carbocycles. The number of non-ortho nitro benzene ring substituents is 1. The zero-order valence-corrected chi connectivity index (χ0v) is 10.3. The first-order chi connectivity index (χ1) is 8.56. The second kappa shape index (κ2) is 5.05. The molecule has 18 heavy (non-hydrogen) atoms. The van der Waals surface area contributed by atoms with Gasteiger partial charge in [0.25, 0.3) is 5.69 Å². The highest BCUT2D eigenvalue weighted by molar-refractivity contribution is 9.10. The number of halogens is 2. The molecule has 0 unspecified atom stereocenters. The van der Waals surface area contributed by atoms with Gasteiger partial charge >= 0.3 is 0 Å². The Morgan fingerprint density at radius 1 is 1.33 bits per heavy atom. The van der Waals surface area contributed by atoms with Crippen molar-refractivity contribution in [3.05, 3.63) is 51.1 Å². The number of hydrogen-bond donors (Lipinski definition) is 0. The summed E-state index contributed by atoms with van der Waals surface area (Å²) in [5.41, 5.74) is -0.344. The Morgan fingerprint density at radius 2 is 2.11 bits per heavy atom. The summed E-state index contributed by atoms with van der Waals surface area (Å²) < 4.78 is 19.1. The molecule has 0 atom stereocenters. The molecule has 1 aromatic heterocycles. The predicted molar refractivity (Wildman–Crippen MR) is 62.9 cm³/mol. The van der Waals surface area contributed by atoms with Crippen LogP contribution < -0.4 is 4.74 Å². The lowest BCUT2D eigenvalue weighted by atomic mass is 10.3. The van der Waals surface area contributed by atoms with Gasteiger partial charge in [0.2, 0.25) is 5.88 Å². The molecule has 1 heterocycles. The first-order valence-electron chi connectivity index (χ1n) is 4.65. The van der Waals surface area contributed by atoms with Crippen LogP contribution in [-0.2, 0) is 0 Å². The molecule has 2 aromatic rings. The van der Waals surface area contributed by atoms with Crippen molar-refractivity contribution in [2.75, 3.05) is 0 Å². The lowest BCUT2D eigenvalue weighted by Crippen LogP contribution is -1.94. The van der Waals surface area contributed by atoms with E-state index in [2.05, 4.69) is 25.9 Å². The van der Waals surface area contributed by atoms with Gasteiger partial charge in [-0.15, -0.1) is 0 Å². The molecule has 0 saturated heterocycles. The van der Waals surface area contributed by atoms with Crippen LogP contribution in [0, 0.1) is 15.9 Å². The van der Waals surface area contributed by atoms with E-state index in [0.29, 0.717) is 4.60 Å². The number of hydrogen-bond acceptors (Lipinski definition) is 5. The van der Waals surface area contributed by atoms with Gasteiger partial charge < -0.3 is 4.74 Å². The highest BCUT2D eigenvalue weighted by Crippen LogP contribution is 2.26. The SMILES string of the molecule is O=[N+]([O-])c1ccc(Oc2cc(Br)ncn2)c(F)c1. The molecule has 0 fully saturated rings. The van der Waals surface area contributed by atoms with Crippen molar-refractivity contribution in [3.63, 3.8) is 0 Å². The highest BCUT2D eigenvalue weighted by Gasteiger charge is 2.12. The lowest BCUT2D eigenvalue weighted by Gasteiger charge is -2.05. The molecule has 6 nitrogen and oxygen atoms in total. The van der Waals surface area contributed by atoms with Crippen LogP contribution >= 0.6 is 15.9 Å². The molecule has 0 N–H and O–H groups in total. The summed E-state index contributed by atoms with van der Waals surface area (Å²) in [4.78, 5) is 17.3. The van der Waals surface area contributed by atoms with Gasteiger partial charge in [-0.2, -0.15) is 0 Å². The van der Waals surface area contributed by atoms with Crippen molar-refractivity contribution in [2.24, 2.45) is 0 Å². The molecule has 92 valence electrons. The molecule has 0 radical (unpaired) electrons. The number of nitrogens with zero attached hydrogens (tertiary/aromatic N) is 3. The number of rotatable bonds is 3. The fourth-order valence-electron chi connectivity index (χ4n) is 1.17. The van der Waals surface area contributed by atoms with E-state index in [-0.39, 0.29) is 17.3 Å². The Bertz CT molecular complexity index is 609. The summed E-state index contributed by atoms with van der Waals surface area (Å²) in [5, 5.41) is 10.4. The van der Waals surface area contributed by atoms with Crippen LogP contribution in [0.4, 0.5) is 10.1 Å². The third-order valence-corrected chi connectivity index (χ3v) is 2.38. The van der Waals surface area contributed by atoms with Crippen LogP contribution in [0.2, 0.25) is 0 Å². The summed E-state index contributed by atoms with van der Waals surface area (Å²) in [6, 6.07) is 4.55. The van der Waals surface area contributed by atoms with Crippen molar-refractivity contribution in [1.29, 1.82) is 0 Å². The van der Waals surface area contributed by atoms with Crippen LogP contribution in [0.3, 0.4) is 0 Å². The zero-order valence-electron chi connectivity index (χ0n) is 8.71. The molecule has 2 rings (SSSR count). The van der Waals surface area contributed by atoms with Crippen LogP contribution in [0.5, 0.6) is 11.6 Å². The van der Waals surface area contributed by atoms with E-state index in [1.54, 1.807) is 0 Å². The Labute approximate surface area is 109 Å². The van der Waals surface area contributed by atoms with Gasteiger partial charge in [0, 0.05) is 12.1 Å². The lowest BCUT2D eigenvalue weighted by molar-refractivity contribution is -0.385. The molecular formula is C10H5BrFN3O3. The normalized spacial score (nSPS) is 10.1. The molecule has 0 spiro atoms. The van der Waals surface area contributed by atoms with E-state index in [9.17, 15) is 14.5 Å². The van der Waals surface area contributed by atoms with Crippen molar-refractivity contribution in [2.45, 2.75) is 0 Å². The molecule has 0 aliphatic rings. The summed E-state index contributed by atoms with van der Waals surface area (Å²) in [6.45, 7) is 0. The van der Waals surface area contributed by atoms with E-state index in [4.69, 9.17) is 4.74 Å². The fraction of sp³-hybridized carbons (Fsp3) is 0. The van der Waals surface area contributed by atoms with Crippen LogP contribution in [0.25, 0.3) is 0 Å². The molecule has 0 bridgehead atoms. The van der Waals surface area contributed by atoms with Crippen LogP contribution in [0.15, 0.2) is 35.2 Å². The quantitative estimate of drug-likeness (QED) is 0.494. The van der Waals surface area contributed by atoms with Gasteiger partial charge in [-0.25, -0.2) is 14.4 Å². The molecule has 0 amide bonds. The maximum atomic E-state index is 13.5. The maximum absolute atomic E-state index is 13.5.